The van der Waals surface area contributed by atoms with E-state index >= 15 is 0 Å². The summed E-state index contributed by atoms with van der Waals surface area (Å²) in [6, 6.07) is 2.38. The van der Waals surface area contributed by atoms with Crippen molar-refractivity contribution < 1.29 is 9.21 Å². The van der Waals surface area contributed by atoms with Crippen LogP contribution in [0.15, 0.2) is 10.5 Å². The monoisotopic (exact) mass is 265 g/mol. The van der Waals surface area contributed by atoms with Gasteiger partial charge in [-0.1, -0.05) is 6.92 Å². The van der Waals surface area contributed by atoms with Gasteiger partial charge in [0.2, 0.25) is 0 Å². The first-order valence-corrected chi connectivity index (χ1v) is 6.85. The standard InChI is InChI=1S/C14H23N3O2/c1-9-4-5-10(2)17(7-9)8-12-6-13(14(18)16-15)19-11(12)3/h6,9-10H,4-5,7-8,15H2,1-3H3,(H,16,18). The van der Waals surface area contributed by atoms with Crippen molar-refractivity contribution in [3.05, 3.63) is 23.2 Å². The van der Waals surface area contributed by atoms with Crippen molar-refractivity contribution >= 4 is 5.91 Å². The van der Waals surface area contributed by atoms with E-state index in [1.54, 1.807) is 6.07 Å². The van der Waals surface area contributed by atoms with Crippen LogP contribution in [0.1, 0.15) is 48.6 Å². The number of furan rings is 1. The predicted molar refractivity (Wildman–Crippen MR) is 73.4 cm³/mol. The summed E-state index contributed by atoms with van der Waals surface area (Å²) in [5.74, 6) is 6.55. The number of likely N-dealkylation sites (tertiary alicyclic amines) is 1. The van der Waals surface area contributed by atoms with E-state index in [0.717, 1.165) is 30.3 Å². The Balaban J connectivity index is 2.10. The number of nitrogens with two attached hydrogens (primary N) is 1. The van der Waals surface area contributed by atoms with Crippen LogP contribution in [0.4, 0.5) is 0 Å². The van der Waals surface area contributed by atoms with Gasteiger partial charge in [-0.3, -0.25) is 15.1 Å². The van der Waals surface area contributed by atoms with Gasteiger partial charge in [0.1, 0.15) is 5.76 Å². The third-order valence-electron chi connectivity index (χ3n) is 4.00. The molecule has 3 N–H and O–H groups in total. The number of hydrogen-bond donors (Lipinski definition) is 2. The minimum Gasteiger partial charge on any atom is -0.456 e. The fourth-order valence-corrected chi connectivity index (χ4v) is 2.68. The fraction of sp³-hybridized carbons (Fsp3) is 0.643. The molecule has 0 radical (unpaired) electrons. The molecular weight excluding hydrogens is 242 g/mol. The lowest BCUT2D eigenvalue weighted by Crippen LogP contribution is -2.40. The van der Waals surface area contributed by atoms with Gasteiger partial charge >= 0.3 is 5.91 Å². The zero-order valence-corrected chi connectivity index (χ0v) is 11.9. The Bertz CT molecular complexity index is 456. The minimum atomic E-state index is -0.380. The van der Waals surface area contributed by atoms with Crippen LogP contribution in [-0.2, 0) is 6.54 Å². The summed E-state index contributed by atoms with van der Waals surface area (Å²) >= 11 is 0. The van der Waals surface area contributed by atoms with Crippen molar-refractivity contribution in [3.63, 3.8) is 0 Å². The summed E-state index contributed by atoms with van der Waals surface area (Å²) in [7, 11) is 0. The molecular formula is C14H23N3O2. The lowest BCUT2D eigenvalue weighted by molar-refractivity contribution is 0.0924. The number of rotatable bonds is 3. The highest BCUT2D eigenvalue weighted by Gasteiger charge is 2.24. The van der Waals surface area contributed by atoms with Crippen LogP contribution < -0.4 is 11.3 Å². The second-order valence-electron chi connectivity index (χ2n) is 5.63. The van der Waals surface area contributed by atoms with Crippen molar-refractivity contribution in [1.29, 1.82) is 0 Å². The van der Waals surface area contributed by atoms with E-state index in [9.17, 15) is 4.79 Å². The van der Waals surface area contributed by atoms with Gasteiger partial charge in [-0.05, 0) is 38.7 Å². The van der Waals surface area contributed by atoms with Gasteiger partial charge in [0, 0.05) is 24.7 Å². The number of aryl methyl sites for hydroxylation is 1. The molecule has 2 rings (SSSR count). The molecule has 0 spiro atoms. The molecule has 2 atom stereocenters. The Kier molecular flexibility index (Phi) is 4.27. The van der Waals surface area contributed by atoms with E-state index in [4.69, 9.17) is 10.3 Å². The molecule has 1 fully saturated rings. The van der Waals surface area contributed by atoms with Crippen LogP contribution in [0, 0.1) is 12.8 Å². The lowest BCUT2D eigenvalue weighted by Gasteiger charge is -2.36. The Hall–Kier alpha value is -1.33. The van der Waals surface area contributed by atoms with Crippen molar-refractivity contribution in [1.82, 2.24) is 10.3 Å². The number of hydrazine groups is 1. The van der Waals surface area contributed by atoms with Crippen LogP contribution in [0.25, 0.3) is 0 Å². The number of carbonyl (C=O) groups excluding carboxylic acids is 1. The Morgan fingerprint density at radius 2 is 2.26 bits per heavy atom. The number of carbonyl (C=O) groups is 1. The molecule has 2 unspecified atom stereocenters. The van der Waals surface area contributed by atoms with Crippen molar-refractivity contribution in [2.45, 2.75) is 46.2 Å². The molecule has 5 nitrogen and oxygen atoms in total. The molecule has 1 aliphatic heterocycles. The van der Waals surface area contributed by atoms with Crippen LogP contribution >= 0.6 is 0 Å². The van der Waals surface area contributed by atoms with Gasteiger partial charge in [0.15, 0.2) is 5.76 Å². The molecule has 0 aliphatic carbocycles. The first kappa shape index (κ1) is 14.1. The van der Waals surface area contributed by atoms with Crippen LogP contribution in [0.5, 0.6) is 0 Å². The van der Waals surface area contributed by atoms with Gasteiger partial charge in [0.05, 0.1) is 0 Å². The second kappa shape index (κ2) is 5.75. The zero-order chi connectivity index (χ0) is 14.0. The molecule has 1 aliphatic rings. The Morgan fingerprint density at radius 3 is 2.95 bits per heavy atom. The van der Waals surface area contributed by atoms with Crippen LogP contribution in [0.2, 0.25) is 0 Å². The average molecular weight is 265 g/mol. The normalized spacial score (nSPS) is 24.4. The predicted octanol–water partition coefficient (Wildman–Crippen LogP) is 1.81. The summed E-state index contributed by atoms with van der Waals surface area (Å²) in [6.45, 7) is 8.37. The van der Waals surface area contributed by atoms with Gasteiger partial charge in [-0.15, -0.1) is 0 Å². The van der Waals surface area contributed by atoms with Crippen molar-refractivity contribution in [3.8, 4) is 0 Å². The number of piperidine rings is 1. The lowest BCUT2D eigenvalue weighted by atomic mass is 9.94. The molecule has 0 aromatic carbocycles. The van der Waals surface area contributed by atoms with E-state index in [1.165, 1.54) is 12.8 Å². The number of amides is 1. The highest BCUT2D eigenvalue weighted by molar-refractivity contribution is 5.91. The van der Waals surface area contributed by atoms with Crippen LogP contribution in [-0.4, -0.2) is 23.4 Å². The Labute approximate surface area is 114 Å². The van der Waals surface area contributed by atoms with E-state index < -0.39 is 0 Å². The topological polar surface area (TPSA) is 71.5 Å². The van der Waals surface area contributed by atoms with Gasteiger partial charge in [-0.2, -0.15) is 0 Å². The molecule has 5 heteroatoms. The number of hydrogen-bond acceptors (Lipinski definition) is 4. The molecule has 2 heterocycles. The third-order valence-corrected chi connectivity index (χ3v) is 4.00. The maximum Gasteiger partial charge on any atom is 0.300 e. The molecule has 0 saturated carbocycles. The number of nitrogens with one attached hydrogen (secondary N) is 1. The Morgan fingerprint density at radius 1 is 1.53 bits per heavy atom. The highest BCUT2D eigenvalue weighted by Crippen LogP contribution is 2.25. The van der Waals surface area contributed by atoms with Crippen LogP contribution in [0.3, 0.4) is 0 Å². The molecule has 1 aromatic heterocycles. The highest BCUT2D eigenvalue weighted by atomic mass is 16.4. The molecule has 1 amide bonds. The quantitative estimate of drug-likeness (QED) is 0.497. The molecule has 1 saturated heterocycles. The molecule has 19 heavy (non-hydrogen) atoms. The van der Waals surface area contributed by atoms with Gasteiger partial charge < -0.3 is 4.42 Å². The van der Waals surface area contributed by atoms with E-state index in [1.807, 2.05) is 6.92 Å². The summed E-state index contributed by atoms with van der Waals surface area (Å²) in [5, 5.41) is 0. The van der Waals surface area contributed by atoms with E-state index in [0.29, 0.717) is 6.04 Å². The first-order chi connectivity index (χ1) is 9.01. The fourth-order valence-electron chi connectivity index (χ4n) is 2.68. The largest absolute Gasteiger partial charge is 0.456 e. The maximum absolute atomic E-state index is 11.4. The zero-order valence-electron chi connectivity index (χ0n) is 11.9. The SMILES string of the molecule is Cc1oc(C(=O)NN)cc1CN1CC(C)CCC1C. The summed E-state index contributed by atoms with van der Waals surface area (Å²) in [4.78, 5) is 13.9. The average Bonchev–Trinajstić information content (AvgIpc) is 2.74. The molecule has 1 aromatic rings. The minimum absolute atomic E-state index is 0.285. The van der Waals surface area contributed by atoms with E-state index in [2.05, 4.69) is 24.2 Å². The number of nitrogens with zero attached hydrogens (tertiary/aromatic N) is 1. The summed E-state index contributed by atoms with van der Waals surface area (Å²) < 4.78 is 5.45. The van der Waals surface area contributed by atoms with E-state index in [-0.39, 0.29) is 11.7 Å². The summed E-state index contributed by atoms with van der Waals surface area (Å²) in [6.07, 6.45) is 2.52. The molecule has 106 valence electrons. The molecule has 0 bridgehead atoms. The smallest absolute Gasteiger partial charge is 0.300 e. The summed E-state index contributed by atoms with van der Waals surface area (Å²) in [5.41, 5.74) is 3.16. The first-order valence-electron chi connectivity index (χ1n) is 6.85. The van der Waals surface area contributed by atoms with Crippen molar-refractivity contribution in [2.24, 2.45) is 11.8 Å². The van der Waals surface area contributed by atoms with Gasteiger partial charge in [0.25, 0.3) is 0 Å². The number of nitrogen functional groups attached to an aromatic ring is 1. The van der Waals surface area contributed by atoms with Gasteiger partial charge in [-0.25, -0.2) is 5.84 Å². The second-order valence-corrected chi connectivity index (χ2v) is 5.63. The van der Waals surface area contributed by atoms with Crippen molar-refractivity contribution in [2.75, 3.05) is 6.54 Å². The third kappa shape index (κ3) is 3.16. The maximum atomic E-state index is 11.4.